The number of aromatic nitrogens is 1. The standard InChI is InChI=1S/C27H26N2O5/c1-14-13-33-25-16(3)26-21(10-20(14)25)15(2)22(27(31)34-26)11-24(30)28-8-7-17-12-29-23-9-18(32-4)5-6-19(17)23/h5-6,9-10,12-13,29H,7-8,11H2,1-4H3,(H,28,30). The van der Waals surface area contributed by atoms with E-state index in [1.807, 2.05) is 51.2 Å². The Morgan fingerprint density at radius 1 is 1.06 bits per heavy atom. The molecule has 7 heteroatoms. The number of fused-ring (bicyclic) bond motifs is 3. The van der Waals surface area contributed by atoms with Crippen LogP contribution in [0.3, 0.4) is 0 Å². The molecule has 2 aromatic carbocycles. The number of benzene rings is 2. The van der Waals surface area contributed by atoms with Crippen LogP contribution in [0.25, 0.3) is 32.8 Å². The van der Waals surface area contributed by atoms with Crippen molar-refractivity contribution in [3.63, 3.8) is 0 Å². The number of furan rings is 1. The van der Waals surface area contributed by atoms with Crippen LogP contribution < -0.4 is 15.7 Å². The van der Waals surface area contributed by atoms with E-state index in [4.69, 9.17) is 13.6 Å². The second kappa shape index (κ2) is 8.41. The van der Waals surface area contributed by atoms with Gasteiger partial charge in [-0.1, -0.05) is 0 Å². The Balaban J connectivity index is 1.34. The number of hydrogen-bond acceptors (Lipinski definition) is 5. The van der Waals surface area contributed by atoms with Crippen molar-refractivity contribution < 1.29 is 18.4 Å². The molecule has 0 aliphatic rings. The predicted octanol–water partition coefficient (Wildman–Crippen LogP) is 4.86. The number of carbonyl (C=O) groups is 1. The lowest BCUT2D eigenvalue weighted by Gasteiger charge is -2.10. The monoisotopic (exact) mass is 458 g/mol. The summed E-state index contributed by atoms with van der Waals surface area (Å²) in [4.78, 5) is 28.7. The lowest BCUT2D eigenvalue weighted by Crippen LogP contribution is -2.29. The highest BCUT2D eigenvalue weighted by Gasteiger charge is 2.19. The van der Waals surface area contributed by atoms with Gasteiger partial charge in [0.15, 0.2) is 0 Å². The minimum atomic E-state index is -0.489. The lowest BCUT2D eigenvalue weighted by molar-refractivity contribution is -0.120. The first-order valence-electron chi connectivity index (χ1n) is 11.2. The summed E-state index contributed by atoms with van der Waals surface area (Å²) < 4.78 is 16.5. The van der Waals surface area contributed by atoms with Crippen LogP contribution in [0.4, 0.5) is 0 Å². The molecule has 0 unspecified atom stereocenters. The first-order chi connectivity index (χ1) is 16.4. The van der Waals surface area contributed by atoms with Crippen LogP contribution in [0.15, 0.2) is 50.4 Å². The van der Waals surface area contributed by atoms with E-state index in [2.05, 4.69) is 10.3 Å². The number of aromatic amines is 1. The maximum atomic E-state index is 12.8. The molecule has 0 aliphatic carbocycles. The second-order valence-electron chi connectivity index (χ2n) is 8.67. The summed E-state index contributed by atoms with van der Waals surface area (Å²) in [6.07, 6.45) is 4.28. The molecule has 5 aromatic rings. The molecule has 0 spiro atoms. The number of methoxy groups -OCH3 is 1. The molecule has 0 radical (unpaired) electrons. The highest BCUT2D eigenvalue weighted by atomic mass is 16.5. The van der Waals surface area contributed by atoms with Crippen LogP contribution in [-0.4, -0.2) is 24.5 Å². The van der Waals surface area contributed by atoms with Gasteiger partial charge in [0.2, 0.25) is 5.91 Å². The quantitative estimate of drug-likeness (QED) is 0.354. The minimum absolute atomic E-state index is 0.0311. The first-order valence-corrected chi connectivity index (χ1v) is 11.2. The molecule has 2 N–H and O–H groups in total. The Morgan fingerprint density at radius 2 is 1.88 bits per heavy atom. The Morgan fingerprint density at radius 3 is 2.68 bits per heavy atom. The molecular weight excluding hydrogens is 432 g/mol. The normalized spacial score (nSPS) is 11.5. The van der Waals surface area contributed by atoms with E-state index in [9.17, 15) is 9.59 Å². The van der Waals surface area contributed by atoms with Crippen molar-refractivity contribution in [1.82, 2.24) is 10.3 Å². The summed E-state index contributed by atoms with van der Waals surface area (Å²) in [5, 5.41) is 5.83. The Labute approximate surface area is 195 Å². The van der Waals surface area contributed by atoms with Crippen molar-refractivity contribution in [3.8, 4) is 5.75 Å². The maximum absolute atomic E-state index is 12.8. The molecular formula is C27H26N2O5. The number of H-pyrrole nitrogens is 1. The average molecular weight is 459 g/mol. The maximum Gasteiger partial charge on any atom is 0.340 e. The van der Waals surface area contributed by atoms with Gasteiger partial charge >= 0.3 is 5.63 Å². The average Bonchev–Trinajstić information content (AvgIpc) is 3.40. The third kappa shape index (κ3) is 3.63. The summed E-state index contributed by atoms with van der Waals surface area (Å²) >= 11 is 0. The predicted molar refractivity (Wildman–Crippen MR) is 132 cm³/mol. The van der Waals surface area contributed by atoms with Crippen LogP contribution in [0.2, 0.25) is 0 Å². The van der Waals surface area contributed by atoms with Gasteiger partial charge < -0.3 is 23.9 Å². The Hall–Kier alpha value is -4.00. The van der Waals surface area contributed by atoms with Gasteiger partial charge in [0.1, 0.15) is 16.9 Å². The van der Waals surface area contributed by atoms with Crippen molar-refractivity contribution >= 4 is 38.7 Å². The van der Waals surface area contributed by atoms with Gasteiger partial charge in [-0.25, -0.2) is 4.79 Å². The topological polar surface area (TPSA) is 97.5 Å². The van der Waals surface area contributed by atoms with Gasteiger partial charge in [0.25, 0.3) is 0 Å². The van der Waals surface area contributed by atoms with Crippen LogP contribution >= 0.6 is 0 Å². The highest BCUT2D eigenvalue weighted by molar-refractivity contribution is 6.00. The highest BCUT2D eigenvalue weighted by Crippen LogP contribution is 2.32. The fourth-order valence-corrected chi connectivity index (χ4v) is 4.58. The number of ether oxygens (including phenoxy) is 1. The number of rotatable bonds is 6. The zero-order chi connectivity index (χ0) is 24.0. The van der Waals surface area contributed by atoms with Crippen molar-refractivity contribution in [3.05, 3.63) is 75.0 Å². The molecule has 3 heterocycles. The molecule has 0 bridgehead atoms. The summed E-state index contributed by atoms with van der Waals surface area (Å²) in [6, 6.07) is 7.84. The van der Waals surface area contributed by atoms with E-state index < -0.39 is 5.63 Å². The molecule has 0 saturated heterocycles. The van der Waals surface area contributed by atoms with E-state index in [-0.39, 0.29) is 12.3 Å². The number of nitrogens with one attached hydrogen (secondary N) is 2. The molecule has 0 atom stereocenters. The lowest BCUT2D eigenvalue weighted by atomic mass is 9.99. The molecule has 0 fully saturated rings. The number of hydrogen-bond donors (Lipinski definition) is 2. The van der Waals surface area contributed by atoms with Crippen LogP contribution in [0.5, 0.6) is 5.75 Å². The van der Waals surface area contributed by atoms with E-state index in [1.54, 1.807) is 13.4 Å². The molecule has 7 nitrogen and oxygen atoms in total. The van der Waals surface area contributed by atoms with Gasteiger partial charge in [-0.15, -0.1) is 0 Å². The number of carbonyl (C=O) groups excluding carboxylic acids is 1. The summed E-state index contributed by atoms with van der Waals surface area (Å²) in [5.41, 5.74) is 5.77. The molecule has 3 aromatic heterocycles. The fraction of sp³-hybridized carbons (Fsp3) is 0.259. The van der Waals surface area contributed by atoms with Gasteiger partial charge in [-0.2, -0.15) is 0 Å². The molecule has 0 aliphatic heterocycles. The van der Waals surface area contributed by atoms with Crippen molar-refractivity contribution in [2.45, 2.75) is 33.6 Å². The first kappa shape index (κ1) is 21.8. The summed E-state index contributed by atoms with van der Waals surface area (Å²) in [7, 11) is 1.64. The van der Waals surface area contributed by atoms with Gasteiger partial charge in [-0.05, 0) is 62.1 Å². The Kier molecular flexibility index (Phi) is 5.40. The molecule has 174 valence electrons. The van der Waals surface area contributed by atoms with Crippen molar-refractivity contribution in [1.29, 1.82) is 0 Å². The summed E-state index contributed by atoms with van der Waals surface area (Å²) in [6.45, 7) is 6.18. The van der Waals surface area contributed by atoms with E-state index in [0.29, 0.717) is 29.7 Å². The third-order valence-corrected chi connectivity index (χ3v) is 6.56. The second-order valence-corrected chi connectivity index (χ2v) is 8.67. The van der Waals surface area contributed by atoms with E-state index >= 15 is 0 Å². The van der Waals surface area contributed by atoms with Gasteiger partial charge in [-0.3, -0.25) is 4.79 Å². The summed E-state index contributed by atoms with van der Waals surface area (Å²) in [5.74, 6) is 0.575. The smallest absolute Gasteiger partial charge is 0.340 e. The fourth-order valence-electron chi connectivity index (χ4n) is 4.58. The number of amides is 1. The van der Waals surface area contributed by atoms with Gasteiger partial charge in [0.05, 0.1) is 25.4 Å². The van der Waals surface area contributed by atoms with Crippen LogP contribution in [-0.2, 0) is 17.6 Å². The molecule has 5 rings (SSSR count). The van der Waals surface area contributed by atoms with Crippen LogP contribution in [0, 0.1) is 20.8 Å². The zero-order valence-electron chi connectivity index (χ0n) is 19.6. The SMILES string of the molecule is COc1ccc2c(CCNC(=O)Cc3c(C)c4cc5c(C)coc5c(C)c4oc3=O)c[nH]c2c1. The van der Waals surface area contributed by atoms with E-state index in [1.165, 1.54) is 0 Å². The molecule has 34 heavy (non-hydrogen) atoms. The zero-order valence-corrected chi connectivity index (χ0v) is 19.6. The Bertz CT molecular complexity index is 1620. The largest absolute Gasteiger partial charge is 0.497 e. The van der Waals surface area contributed by atoms with Gasteiger partial charge in [0, 0.05) is 46.0 Å². The molecule has 0 saturated carbocycles. The minimum Gasteiger partial charge on any atom is -0.497 e. The number of aryl methyl sites for hydroxylation is 3. The third-order valence-electron chi connectivity index (χ3n) is 6.56. The van der Waals surface area contributed by atoms with Crippen molar-refractivity contribution in [2.75, 3.05) is 13.7 Å². The molecule has 1 amide bonds. The van der Waals surface area contributed by atoms with Crippen LogP contribution in [0.1, 0.15) is 27.8 Å². The van der Waals surface area contributed by atoms with Crippen molar-refractivity contribution in [2.24, 2.45) is 0 Å². The van der Waals surface area contributed by atoms with E-state index in [0.717, 1.165) is 49.7 Å².